The summed E-state index contributed by atoms with van der Waals surface area (Å²) in [5, 5.41) is 0.872. The van der Waals surface area contributed by atoms with Crippen LogP contribution in [0, 0.1) is 5.41 Å². The zero-order valence-corrected chi connectivity index (χ0v) is 15.9. The van der Waals surface area contributed by atoms with Crippen molar-refractivity contribution in [2.24, 2.45) is 5.41 Å². The average Bonchev–Trinajstić information content (AvgIpc) is 2.95. The minimum absolute atomic E-state index is 0.0136. The molecule has 6 nitrogen and oxygen atoms in total. The largest absolute Gasteiger partial charge is 0.461 e. The predicted molar refractivity (Wildman–Crippen MR) is 102 cm³/mol. The normalized spacial score (nSPS) is 21.8. The highest BCUT2D eigenvalue weighted by molar-refractivity contribution is 6.06. The third-order valence-corrected chi connectivity index (χ3v) is 5.78. The lowest BCUT2D eigenvalue weighted by atomic mass is 9.76. The van der Waals surface area contributed by atoms with Crippen molar-refractivity contribution in [1.82, 2.24) is 14.8 Å². The second-order valence-corrected chi connectivity index (χ2v) is 7.94. The lowest BCUT2D eigenvalue weighted by Gasteiger charge is -2.36. The Morgan fingerprint density at radius 2 is 2.00 bits per heavy atom. The number of hydrogen-bond acceptors (Lipinski definition) is 5. The van der Waals surface area contributed by atoms with Crippen LogP contribution < -0.4 is 0 Å². The summed E-state index contributed by atoms with van der Waals surface area (Å²) in [6.45, 7) is 1.91. The maximum absolute atomic E-state index is 13.1. The molecule has 1 unspecified atom stereocenters. The number of para-hydroxylation sites is 1. The quantitative estimate of drug-likeness (QED) is 0.779. The Bertz CT molecular complexity index is 867. The molecule has 0 aliphatic carbocycles. The number of ether oxygens (including phenoxy) is 1. The Kier molecular flexibility index (Phi) is 4.60. The van der Waals surface area contributed by atoms with Gasteiger partial charge in [0.25, 0.3) is 5.91 Å². The van der Waals surface area contributed by atoms with E-state index in [0.29, 0.717) is 31.5 Å². The molecule has 4 rings (SSSR count). The molecule has 2 aromatic rings. The van der Waals surface area contributed by atoms with Gasteiger partial charge in [0.2, 0.25) is 0 Å². The number of pyridine rings is 1. The number of esters is 1. The van der Waals surface area contributed by atoms with E-state index in [-0.39, 0.29) is 18.0 Å². The van der Waals surface area contributed by atoms with Crippen molar-refractivity contribution in [2.75, 3.05) is 33.7 Å². The summed E-state index contributed by atoms with van der Waals surface area (Å²) in [6, 6.07) is 9.47. The molecule has 2 aliphatic heterocycles. The molecule has 0 N–H and O–H groups in total. The smallest absolute Gasteiger partial charge is 0.312 e. The second-order valence-electron chi connectivity index (χ2n) is 7.94. The Morgan fingerprint density at radius 1 is 1.26 bits per heavy atom. The number of carbonyl (C=O) groups excluding carboxylic acids is 2. The minimum Gasteiger partial charge on any atom is -0.461 e. The number of rotatable bonds is 3. The summed E-state index contributed by atoms with van der Waals surface area (Å²) in [5.74, 6) is -0.0736. The van der Waals surface area contributed by atoms with E-state index in [0.717, 1.165) is 23.9 Å². The predicted octanol–water partition coefficient (Wildman–Crippen LogP) is 2.33. The summed E-state index contributed by atoms with van der Waals surface area (Å²) in [6.07, 6.45) is 3.74. The molecule has 1 spiro atoms. The first kappa shape index (κ1) is 17.9. The van der Waals surface area contributed by atoms with Crippen LogP contribution in [0.15, 0.2) is 36.5 Å². The number of amides is 1. The lowest BCUT2D eigenvalue weighted by Crippen LogP contribution is -2.45. The second kappa shape index (κ2) is 6.93. The van der Waals surface area contributed by atoms with Gasteiger partial charge < -0.3 is 14.5 Å². The van der Waals surface area contributed by atoms with Gasteiger partial charge in [-0.25, -0.2) is 0 Å². The van der Waals surface area contributed by atoms with E-state index in [9.17, 15) is 9.59 Å². The van der Waals surface area contributed by atoms with Crippen molar-refractivity contribution in [2.45, 2.75) is 25.4 Å². The summed E-state index contributed by atoms with van der Waals surface area (Å²) in [5.41, 5.74) is 1.08. The number of fused-ring (bicyclic) bond motifs is 1. The average molecular weight is 367 g/mol. The molecule has 6 heteroatoms. The fourth-order valence-electron chi connectivity index (χ4n) is 4.35. The van der Waals surface area contributed by atoms with Crippen molar-refractivity contribution in [3.63, 3.8) is 0 Å². The molecule has 27 heavy (non-hydrogen) atoms. The van der Waals surface area contributed by atoms with Crippen LogP contribution in [0.25, 0.3) is 10.9 Å². The Labute approximate surface area is 159 Å². The molecule has 0 radical (unpaired) electrons. The van der Waals surface area contributed by atoms with Gasteiger partial charge >= 0.3 is 5.97 Å². The molecule has 1 aromatic carbocycles. The van der Waals surface area contributed by atoms with E-state index >= 15 is 0 Å². The number of hydrogen-bond donors (Lipinski definition) is 0. The van der Waals surface area contributed by atoms with Crippen molar-refractivity contribution < 1.29 is 14.3 Å². The topological polar surface area (TPSA) is 62.7 Å². The van der Waals surface area contributed by atoms with Crippen LogP contribution in [-0.4, -0.2) is 66.5 Å². The van der Waals surface area contributed by atoms with Crippen molar-refractivity contribution in [3.05, 3.63) is 42.1 Å². The Morgan fingerprint density at radius 3 is 2.74 bits per heavy atom. The van der Waals surface area contributed by atoms with Gasteiger partial charge in [-0.05, 0) is 39.1 Å². The summed E-state index contributed by atoms with van der Waals surface area (Å²) in [4.78, 5) is 33.8. The SMILES string of the molecule is CN(C)CC1CC2(CCN(C(=O)c3ccnc4ccccc34)CC2)C(=O)O1. The number of likely N-dealkylation sites (N-methyl/N-ethyl adjacent to an activating group) is 1. The van der Waals surface area contributed by atoms with Gasteiger partial charge in [0.1, 0.15) is 6.10 Å². The number of benzene rings is 1. The summed E-state index contributed by atoms with van der Waals surface area (Å²) >= 11 is 0. The number of carbonyl (C=O) groups is 2. The minimum atomic E-state index is -0.419. The number of cyclic esters (lactones) is 1. The molecule has 1 amide bonds. The number of piperidine rings is 1. The van der Waals surface area contributed by atoms with Crippen LogP contribution in [0.4, 0.5) is 0 Å². The molecule has 3 heterocycles. The highest BCUT2D eigenvalue weighted by atomic mass is 16.6. The first-order valence-corrected chi connectivity index (χ1v) is 9.47. The van der Waals surface area contributed by atoms with E-state index in [1.807, 2.05) is 48.2 Å². The zero-order chi connectivity index (χ0) is 19.0. The van der Waals surface area contributed by atoms with Gasteiger partial charge in [0, 0.05) is 37.6 Å². The number of nitrogens with zero attached hydrogens (tertiary/aromatic N) is 3. The molecule has 2 aliphatic rings. The third-order valence-electron chi connectivity index (χ3n) is 5.78. The Hall–Kier alpha value is -2.47. The highest BCUT2D eigenvalue weighted by Crippen LogP contribution is 2.43. The molecule has 1 atom stereocenters. The highest BCUT2D eigenvalue weighted by Gasteiger charge is 2.50. The van der Waals surface area contributed by atoms with Crippen LogP contribution >= 0.6 is 0 Å². The first-order chi connectivity index (χ1) is 13.0. The maximum atomic E-state index is 13.1. The molecule has 142 valence electrons. The molecule has 0 saturated carbocycles. The van der Waals surface area contributed by atoms with Crippen LogP contribution in [0.1, 0.15) is 29.6 Å². The van der Waals surface area contributed by atoms with Gasteiger partial charge in [-0.3, -0.25) is 14.6 Å². The monoisotopic (exact) mass is 367 g/mol. The maximum Gasteiger partial charge on any atom is 0.312 e. The number of aromatic nitrogens is 1. The Balaban J connectivity index is 1.48. The molecule has 0 bridgehead atoms. The van der Waals surface area contributed by atoms with Gasteiger partial charge in [-0.1, -0.05) is 18.2 Å². The van der Waals surface area contributed by atoms with Crippen LogP contribution in [0.5, 0.6) is 0 Å². The van der Waals surface area contributed by atoms with Crippen molar-refractivity contribution in [3.8, 4) is 0 Å². The molecular formula is C21H25N3O3. The summed E-state index contributed by atoms with van der Waals surface area (Å²) < 4.78 is 5.61. The standard InChI is InChI=1S/C21H25N3O3/c1-23(2)14-15-13-21(20(26)27-15)8-11-24(12-9-21)19(25)17-7-10-22-18-6-4-3-5-16(17)18/h3-7,10,15H,8-9,11-14H2,1-2H3. The third kappa shape index (κ3) is 3.30. The van der Waals surface area contributed by atoms with Gasteiger partial charge in [-0.15, -0.1) is 0 Å². The molecular weight excluding hydrogens is 342 g/mol. The van der Waals surface area contributed by atoms with Crippen LogP contribution in [0.2, 0.25) is 0 Å². The molecule has 1 aromatic heterocycles. The first-order valence-electron chi connectivity index (χ1n) is 9.47. The van der Waals surface area contributed by atoms with Crippen molar-refractivity contribution in [1.29, 1.82) is 0 Å². The van der Waals surface area contributed by atoms with Gasteiger partial charge in [0.15, 0.2) is 0 Å². The fourth-order valence-corrected chi connectivity index (χ4v) is 4.35. The fraction of sp³-hybridized carbons (Fsp3) is 0.476. The van der Waals surface area contributed by atoms with Crippen LogP contribution in [-0.2, 0) is 9.53 Å². The molecule has 2 fully saturated rings. The van der Waals surface area contributed by atoms with E-state index in [2.05, 4.69) is 4.98 Å². The van der Waals surface area contributed by atoms with Crippen LogP contribution in [0.3, 0.4) is 0 Å². The molecule has 2 saturated heterocycles. The summed E-state index contributed by atoms with van der Waals surface area (Å²) in [7, 11) is 3.97. The van der Waals surface area contributed by atoms with Crippen molar-refractivity contribution >= 4 is 22.8 Å². The zero-order valence-electron chi connectivity index (χ0n) is 15.9. The van der Waals surface area contributed by atoms with E-state index < -0.39 is 5.41 Å². The van der Waals surface area contributed by atoms with E-state index in [4.69, 9.17) is 4.74 Å². The number of likely N-dealkylation sites (tertiary alicyclic amines) is 1. The van der Waals surface area contributed by atoms with E-state index in [1.54, 1.807) is 12.3 Å². The van der Waals surface area contributed by atoms with Gasteiger partial charge in [-0.2, -0.15) is 0 Å². The van der Waals surface area contributed by atoms with E-state index in [1.165, 1.54) is 0 Å². The van der Waals surface area contributed by atoms with Gasteiger partial charge in [0.05, 0.1) is 16.5 Å². The lowest BCUT2D eigenvalue weighted by molar-refractivity contribution is -0.150.